The molecule has 1 aromatic heterocycles. The predicted molar refractivity (Wildman–Crippen MR) is 133 cm³/mol. The molecule has 0 N–H and O–H groups in total. The highest BCUT2D eigenvalue weighted by molar-refractivity contribution is 7.89. The van der Waals surface area contributed by atoms with Crippen molar-refractivity contribution in [1.29, 1.82) is 0 Å². The number of fused-ring (bicyclic) bond motifs is 2. The van der Waals surface area contributed by atoms with Gasteiger partial charge < -0.3 is 9.64 Å². The number of hydrogen-bond acceptors (Lipinski definition) is 5. The SMILES string of the molecule is CCOCC12CC3=C[N+](c4ccc(F)cc4)=C3C=C1CCN(S(=O)(=O)c1ccc(N(C)C)nc1)C2. The molecule has 3 heterocycles. The van der Waals surface area contributed by atoms with E-state index in [2.05, 4.69) is 21.8 Å². The van der Waals surface area contributed by atoms with Crippen LogP contribution in [-0.2, 0) is 14.8 Å². The Labute approximate surface area is 205 Å². The summed E-state index contributed by atoms with van der Waals surface area (Å²) in [5.74, 6) is 0.444. The van der Waals surface area contributed by atoms with Crippen LogP contribution in [0.5, 0.6) is 0 Å². The summed E-state index contributed by atoms with van der Waals surface area (Å²) in [7, 11) is 0.0448. The number of sulfonamides is 1. The first-order valence-electron chi connectivity index (χ1n) is 11.8. The summed E-state index contributed by atoms with van der Waals surface area (Å²) in [4.78, 5) is 6.34. The van der Waals surface area contributed by atoms with Gasteiger partial charge in [-0.15, -0.1) is 0 Å². The monoisotopic (exact) mass is 497 g/mol. The van der Waals surface area contributed by atoms with Gasteiger partial charge in [0.1, 0.15) is 16.5 Å². The number of halogens is 1. The van der Waals surface area contributed by atoms with Gasteiger partial charge in [0.25, 0.3) is 0 Å². The lowest BCUT2D eigenvalue weighted by Gasteiger charge is -2.46. The Morgan fingerprint density at radius 3 is 2.63 bits per heavy atom. The molecule has 0 amide bonds. The standard InChI is InChI=1S/C26H30FN4O3S/c1-4-34-18-26-14-19-16-31(22-7-5-21(27)6-8-22)24(19)13-20(26)11-12-30(17-26)35(32,33)23-9-10-25(28-15-23)29(2)3/h5-10,13,15-16H,4,11-12,14,17-18H2,1-3H3/q+1. The number of benzene rings is 1. The van der Waals surface area contributed by atoms with Crippen molar-refractivity contribution in [2.75, 3.05) is 45.3 Å². The second-order valence-electron chi connectivity index (χ2n) is 9.48. The smallest absolute Gasteiger partial charge is 0.244 e. The number of anilines is 1. The van der Waals surface area contributed by atoms with Crippen molar-refractivity contribution in [2.24, 2.45) is 5.41 Å². The maximum Gasteiger partial charge on any atom is 0.244 e. The molecule has 1 aliphatic carbocycles. The Kier molecular flexibility index (Phi) is 6.11. The molecule has 1 saturated heterocycles. The molecule has 7 nitrogen and oxygen atoms in total. The Balaban J connectivity index is 1.45. The van der Waals surface area contributed by atoms with Crippen LogP contribution >= 0.6 is 0 Å². The van der Waals surface area contributed by atoms with Crippen molar-refractivity contribution >= 4 is 27.2 Å². The largest absolute Gasteiger partial charge is 0.381 e. The van der Waals surface area contributed by atoms with E-state index < -0.39 is 15.4 Å². The van der Waals surface area contributed by atoms with Crippen molar-refractivity contribution in [3.8, 4) is 0 Å². The molecule has 1 unspecified atom stereocenters. The van der Waals surface area contributed by atoms with Gasteiger partial charge in [0.05, 0.1) is 12.2 Å². The van der Waals surface area contributed by atoms with Crippen LogP contribution in [0.25, 0.3) is 0 Å². The first kappa shape index (κ1) is 23.8. The van der Waals surface area contributed by atoms with Crippen molar-refractivity contribution in [3.63, 3.8) is 0 Å². The van der Waals surface area contributed by atoms with E-state index in [1.165, 1.54) is 23.9 Å². The summed E-state index contributed by atoms with van der Waals surface area (Å²) < 4.78 is 50.0. The minimum atomic E-state index is -3.69. The highest BCUT2D eigenvalue weighted by Gasteiger charge is 2.50. The van der Waals surface area contributed by atoms with Crippen LogP contribution in [0.4, 0.5) is 15.9 Å². The van der Waals surface area contributed by atoms with Gasteiger partial charge in [0.2, 0.25) is 21.4 Å². The van der Waals surface area contributed by atoms with Gasteiger partial charge in [-0.05, 0) is 44.0 Å². The molecule has 1 fully saturated rings. The predicted octanol–water partition coefficient (Wildman–Crippen LogP) is 3.72. The summed E-state index contributed by atoms with van der Waals surface area (Å²) in [6.07, 6.45) is 7.01. The number of aromatic nitrogens is 1. The van der Waals surface area contributed by atoms with Crippen LogP contribution < -0.4 is 4.90 Å². The fourth-order valence-electron chi connectivity index (χ4n) is 5.08. The molecule has 2 aromatic rings. The summed E-state index contributed by atoms with van der Waals surface area (Å²) in [5, 5.41) is 0. The average molecular weight is 498 g/mol. The lowest BCUT2D eigenvalue weighted by molar-refractivity contribution is -0.374. The van der Waals surface area contributed by atoms with Gasteiger partial charge in [-0.1, -0.05) is 5.57 Å². The zero-order chi connectivity index (χ0) is 24.8. The third kappa shape index (κ3) is 4.22. The van der Waals surface area contributed by atoms with Crippen LogP contribution in [0.3, 0.4) is 0 Å². The van der Waals surface area contributed by atoms with Gasteiger partial charge in [-0.3, -0.25) is 0 Å². The Morgan fingerprint density at radius 1 is 1.20 bits per heavy atom. The highest BCUT2D eigenvalue weighted by atomic mass is 32.2. The maximum atomic E-state index is 13.5. The quantitative estimate of drug-likeness (QED) is 0.546. The Bertz CT molecular complexity index is 1330. The summed E-state index contributed by atoms with van der Waals surface area (Å²) >= 11 is 0. The molecule has 1 aromatic carbocycles. The van der Waals surface area contributed by atoms with Crippen LogP contribution in [0.1, 0.15) is 19.8 Å². The molecule has 0 spiro atoms. The molecule has 1 atom stereocenters. The number of hydrogen-bond donors (Lipinski definition) is 0. The molecule has 3 aliphatic rings. The molecule has 5 rings (SSSR count). The maximum absolute atomic E-state index is 13.5. The number of allylic oxidation sites excluding steroid dienone is 2. The van der Waals surface area contributed by atoms with E-state index in [0.717, 1.165) is 17.0 Å². The van der Waals surface area contributed by atoms with Gasteiger partial charge in [-0.25, -0.2) is 17.8 Å². The first-order valence-corrected chi connectivity index (χ1v) is 13.2. The van der Waals surface area contributed by atoms with Gasteiger partial charge in [0.15, 0.2) is 6.20 Å². The van der Waals surface area contributed by atoms with Crippen molar-refractivity contribution in [2.45, 2.75) is 24.7 Å². The highest BCUT2D eigenvalue weighted by Crippen LogP contribution is 2.47. The summed E-state index contributed by atoms with van der Waals surface area (Å²) in [5.41, 5.74) is 3.96. The topological polar surface area (TPSA) is 65.8 Å². The van der Waals surface area contributed by atoms with E-state index in [1.807, 2.05) is 25.9 Å². The molecule has 9 heteroatoms. The molecule has 35 heavy (non-hydrogen) atoms. The molecule has 2 aliphatic heterocycles. The van der Waals surface area contributed by atoms with E-state index in [0.29, 0.717) is 45.0 Å². The minimum absolute atomic E-state index is 0.204. The number of nitrogens with zero attached hydrogens (tertiary/aromatic N) is 4. The second-order valence-corrected chi connectivity index (χ2v) is 11.4. The Hall–Kier alpha value is -2.88. The van der Waals surface area contributed by atoms with E-state index in [4.69, 9.17) is 4.74 Å². The molecule has 0 saturated carbocycles. The molecule has 0 bridgehead atoms. The number of pyridine rings is 1. The Morgan fingerprint density at radius 2 is 1.97 bits per heavy atom. The van der Waals surface area contributed by atoms with E-state index in [1.54, 1.807) is 28.6 Å². The summed E-state index contributed by atoms with van der Waals surface area (Å²) in [6, 6.07) is 9.80. The van der Waals surface area contributed by atoms with E-state index in [-0.39, 0.29) is 10.7 Å². The van der Waals surface area contributed by atoms with Gasteiger partial charge in [0, 0.05) is 63.6 Å². The van der Waals surface area contributed by atoms with Gasteiger partial charge >= 0.3 is 0 Å². The second kappa shape index (κ2) is 8.96. The number of rotatable bonds is 7. The first-order chi connectivity index (χ1) is 16.7. The van der Waals surface area contributed by atoms with E-state index in [9.17, 15) is 12.8 Å². The van der Waals surface area contributed by atoms with Crippen LogP contribution in [0.15, 0.2) is 70.9 Å². The number of ether oxygens (including phenoxy) is 1. The van der Waals surface area contributed by atoms with Crippen molar-refractivity contribution < 1.29 is 22.1 Å². The fourth-order valence-corrected chi connectivity index (χ4v) is 6.55. The number of piperidine rings is 1. The zero-order valence-corrected chi connectivity index (χ0v) is 21.1. The van der Waals surface area contributed by atoms with E-state index >= 15 is 0 Å². The van der Waals surface area contributed by atoms with Crippen LogP contribution in [0.2, 0.25) is 0 Å². The lowest BCUT2D eigenvalue weighted by Crippen LogP contribution is -2.52. The molecular weight excluding hydrogens is 467 g/mol. The molecular formula is C26H30FN4O3S+. The van der Waals surface area contributed by atoms with Crippen molar-refractivity contribution in [3.05, 3.63) is 71.8 Å². The molecule has 0 radical (unpaired) electrons. The third-order valence-corrected chi connectivity index (χ3v) is 8.84. The lowest BCUT2D eigenvalue weighted by atomic mass is 9.67. The minimum Gasteiger partial charge on any atom is -0.381 e. The third-order valence-electron chi connectivity index (χ3n) is 7.01. The van der Waals surface area contributed by atoms with Gasteiger partial charge in [-0.2, -0.15) is 8.88 Å². The summed E-state index contributed by atoms with van der Waals surface area (Å²) in [6.45, 7) is 3.74. The zero-order valence-electron chi connectivity index (χ0n) is 20.2. The van der Waals surface area contributed by atoms with Crippen LogP contribution in [-0.4, -0.2) is 68.4 Å². The van der Waals surface area contributed by atoms with Crippen molar-refractivity contribution in [1.82, 2.24) is 9.29 Å². The van der Waals surface area contributed by atoms with Crippen LogP contribution in [0, 0.1) is 11.2 Å². The molecule has 184 valence electrons. The fraction of sp³-hybridized carbons (Fsp3) is 0.385. The normalized spacial score (nSPS) is 22.1. The average Bonchev–Trinajstić information content (AvgIpc) is 2.84.